The molecule has 16 N–H and O–H groups in total. The second-order valence-corrected chi connectivity index (χ2v) is 27.4. The van der Waals surface area contributed by atoms with Gasteiger partial charge in [-0.2, -0.15) is 13.2 Å². The number of ether oxygens (including phenoxy) is 2. The Bertz CT molecular complexity index is 4350. The Morgan fingerprint density at radius 1 is 0.716 bits per heavy atom. The number of hydrogen-bond donors (Lipinski definition) is 14. The van der Waals surface area contributed by atoms with Gasteiger partial charge in [-0.25, -0.2) is 13.2 Å². The van der Waals surface area contributed by atoms with Crippen LogP contribution in [0.1, 0.15) is 88.0 Å². The number of carbonyl (C=O) groups excluding carboxylic acids is 12. The quantitative estimate of drug-likeness (QED) is 0.0409. The van der Waals surface area contributed by atoms with E-state index >= 15 is 23.2 Å². The zero-order valence-corrected chi connectivity index (χ0v) is 59.9. The van der Waals surface area contributed by atoms with E-state index < -0.39 is 193 Å². The van der Waals surface area contributed by atoms with E-state index in [0.717, 1.165) is 43.0 Å². The van der Waals surface area contributed by atoms with E-state index in [1.807, 2.05) is 0 Å². The molecule has 0 spiro atoms. The van der Waals surface area contributed by atoms with E-state index in [-0.39, 0.29) is 98.8 Å². The van der Waals surface area contributed by atoms with Gasteiger partial charge in [0.2, 0.25) is 65.0 Å². The highest BCUT2D eigenvalue weighted by Gasteiger charge is 2.50. The highest BCUT2D eigenvalue weighted by atomic mass is 19.4. The number of nitrogens with one attached hydrogen (secondary N) is 11. The van der Waals surface area contributed by atoms with E-state index in [0.29, 0.717) is 27.9 Å². The molecule has 4 aliphatic heterocycles. The first-order valence-corrected chi connectivity index (χ1v) is 35.3. The second kappa shape index (κ2) is 36.1. The van der Waals surface area contributed by atoms with Gasteiger partial charge < -0.3 is 93.7 Å². The van der Waals surface area contributed by atoms with Gasteiger partial charge in [-0.05, 0) is 142 Å². The monoisotopic (exact) mass is 1530 g/mol. The molecule has 0 unspecified atom stereocenters. The molecule has 2 fully saturated rings. The summed E-state index contributed by atoms with van der Waals surface area (Å²) in [7, 11) is 1.43. The lowest BCUT2D eigenvalue weighted by Gasteiger charge is -2.37. The fourth-order valence-electron chi connectivity index (χ4n) is 13.4. The number of benzene rings is 4. The van der Waals surface area contributed by atoms with Crippen LogP contribution in [0.2, 0.25) is 0 Å². The number of rotatable bonds is 14. The molecule has 30 nitrogen and oxygen atoms in total. The van der Waals surface area contributed by atoms with Gasteiger partial charge in [-0.3, -0.25) is 57.5 Å². The van der Waals surface area contributed by atoms with Crippen LogP contribution in [0.25, 0.3) is 21.8 Å². The molecule has 2 aromatic heterocycles. The number of carbonyl (C=O) groups is 12. The van der Waals surface area contributed by atoms with Crippen LogP contribution in [0, 0.1) is 11.6 Å². The number of nitrogens with two attached hydrogens (primary N) is 2. The summed E-state index contributed by atoms with van der Waals surface area (Å²) >= 11 is 0. The number of methoxy groups -OCH3 is 1. The lowest BCUT2D eigenvalue weighted by Crippen LogP contribution is -2.64. The molecule has 12 atom stereocenters. The molecule has 2 bridgehead atoms. The van der Waals surface area contributed by atoms with E-state index in [4.69, 9.17) is 20.9 Å². The average Bonchev–Trinajstić information content (AvgIpc) is 1.68. The lowest BCUT2D eigenvalue weighted by atomic mass is 9.94. The van der Waals surface area contributed by atoms with Crippen LogP contribution < -0.4 is 68.8 Å². The van der Waals surface area contributed by atoms with Crippen molar-refractivity contribution < 1.29 is 98.5 Å². The summed E-state index contributed by atoms with van der Waals surface area (Å²) in [6, 6.07) is 3.52. The van der Waals surface area contributed by atoms with Gasteiger partial charge in [0.25, 0.3) is 0 Å². The summed E-state index contributed by atoms with van der Waals surface area (Å²) in [5.74, 6) is -15.5. The maximum atomic E-state index is 16.2. The molecule has 12 amide bonds. The van der Waals surface area contributed by atoms with Gasteiger partial charge in [0.05, 0.1) is 32.7 Å². The Morgan fingerprint density at radius 2 is 1.31 bits per heavy atom. The Morgan fingerprint density at radius 3 is 1.92 bits per heavy atom. The largest absolute Gasteiger partial charge is 0.497 e. The molecule has 6 aromatic rings. The summed E-state index contributed by atoms with van der Waals surface area (Å²) in [5, 5.41) is 33.1. The fourth-order valence-corrected chi connectivity index (χ4v) is 13.4. The Labute approximate surface area is 620 Å². The number of halogens is 6. The summed E-state index contributed by atoms with van der Waals surface area (Å²) in [6.07, 6.45) is -9.60. The molecule has 0 saturated carbocycles. The number of aromatic amines is 2. The van der Waals surface area contributed by atoms with Gasteiger partial charge in [0.1, 0.15) is 95.8 Å². The zero-order valence-electron chi connectivity index (χ0n) is 59.9. The van der Waals surface area contributed by atoms with Crippen molar-refractivity contribution in [2.24, 2.45) is 11.5 Å². The molecule has 586 valence electrons. The number of aromatic nitrogens is 2. The fraction of sp³-hybridized carbons (Fsp3) is 0.452. The number of H-pyrrole nitrogens is 2. The first kappa shape index (κ1) is 81.8. The number of aliphatic hydroxyl groups excluding tert-OH is 1. The third-order valence-corrected chi connectivity index (χ3v) is 19.4. The second-order valence-electron chi connectivity index (χ2n) is 27.4. The van der Waals surface area contributed by atoms with E-state index in [1.54, 1.807) is 24.3 Å². The number of unbranched alkanes of at least 4 members (excludes halogenated alkanes) is 1. The van der Waals surface area contributed by atoms with Crippen LogP contribution in [-0.4, -0.2) is 214 Å². The number of alkyl halides is 4. The third kappa shape index (κ3) is 20.9. The zero-order chi connectivity index (χ0) is 79.2. The number of fused-ring (bicyclic) bond motifs is 32. The van der Waals surface area contributed by atoms with Gasteiger partial charge in [-0.15, -0.1) is 0 Å². The SMILES string of the molecule is COc1ccc(C[C@@H]2NC(=O)[C@H]([C@@H](C)O)NC(=O)[C@@H]3C[C@H](F)CN3C(=O)[C@H](Cc3c[nH]c4ccc(F)cc34)NC(=O)[C@H](Cc3c[nH]c4ccc(F)cc34)NC(=O)[C@@H](C)NC(=O)[C@H](CCCCN)NC(=O)[C@@H](NC(=O)C(F)(F)F)CC(=O)NCCOc3ccc(cc3)C[C@@H](C(N)=O)NC(=O)[C@]3(C)CCCN3C2=O)cc1. The number of nitrogens with zero attached hydrogens (tertiary/aromatic N) is 2. The maximum Gasteiger partial charge on any atom is 0.471 e. The van der Waals surface area contributed by atoms with Gasteiger partial charge in [0.15, 0.2) is 0 Å². The highest BCUT2D eigenvalue weighted by Crippen LogP contribution is 2.32. The van der Waals surface area contributed by atoms with Crippen LogP contribution in [0.15, 0.2) is 97.3 Å². The predicted molar refractivity (Wildman–Crippen MR) is 379 cm³/mol. The Balaban J connectivity index is 1.08. The van der Waals surface area contributed by atoms with Crippen LogP contribution in [0.3, 0.4) is 0 Å². The summed E-state index contributed by atoms with van der Waals surface area (Å²) in [4.78, 5) is 180. The van der Waals surface area contributed by atoms with Crippen molar-refractivity contribution in [1.82, 2.24) is 67.6 Å². The smallest absolute Gasteiger partial charge is 0.471 e. The van der Waals surface area contributed by atoms with Crippen molar-refractivity contribution in [1.29, 1.82) is 0 Å². The third-order valence-electron chi connectivity index (χ3n) is 19.4. The first-order valence-electron chi connectivity index (χ1n) is 35.3. The Hall–Kier alpha value is -11.3. The molecule has 36 heteroatoms. The summed E-state index contributed by atoms with van der Waals surface area (Å²) in [5.41, 5.74) is 11.9. The molecule has 6 heterocycles. The van der Waals surface area contributed by atoms with Crippen LogP contribution in [0.4, 0.5) is 26.3 Å². The van der Waals surface area contributed by atoms with Crippen LogP contribution in [0.5, 0.6) is 11.5 Å². The van der Waals surface area contributed by atoms with Crippen molar-refractivity contribution in [2.45, 2.75) is 170 Å². The normalized spacial score (nSPS) is 25.0. The molecular weight excluding hydrogens is 1440 g/mol. The average molecular weight is 1530 g/mol. The van der Waals surface area contributed by atoms with E-state index in [9.17, 15) is 65.8 Å². The maximum absolute atomic E-state index is 16.2. The van der Waals surface area contributed by atoms with Crippen molar-refractivity contribution in [3.63, 3.8) is 0 Å². The minimum Gasteiger partial charge on any atom is -0.497 e. The minimum atomic E-state index is -5.58. The van der Waals surface area contributed by atoms with Crippen molar-refractivity contribution >= 4 is 92.7 Å². The minimum absolute atomic E-state index is 0.0414. The molecular formula is C73H87F6N15O15. The number of aliphatic hydroxyl groups is 1. The molecule has 2 saturated heterocycles. The highest BCUT2D eigenvalue weighted by molar-refractivity contribution is 6.01. The topological polar surface area (TPSA) is 442 Å². The van der Waals surface area contributed by atoms with Gasteiger partial charge in [0, 0.05) is 72.8 Å². The van der Waals surface area contributed by atoms with Gasteiger partial charge >= 0.3 is 12.1 Å². The number of primary amides is 1. The molecule has 10 rings (SSSR count). The van der Waals surface area contributed by atoms with Crippen LogP contribution in [-0.2, 0) is 83.2 Å². The standard InChI is InChI=1S/C73H87F6N15O15/c1-37-62(98)87-54(28-41-34-83-50-19-13-43(74)30-48(41)50)64(100)88-57(29-42-35-84-51-20-14-44(75)31-49(42)51)68(104)93-36-45(76)32-58(93)66(102)92-60(38(2)95)67(103)89-56(27-40-9-15-46(108-4)16-10-40)69(105)94-24-7-21-72(94,3)70(106)90-53(61(81)97)26-39-11-17-47(18-12-39)109-25-23-82-59(96)33-55(91-71(107)73(77,78)79)65(101)86-52(63(99)85-37)8-5-6-22-80/h9-20,30-31,34-35,37-38,45,52-58,60,83-84,95H,5-8,21-29,32-33,36,80H2,1-4H3,(H2,81,97)(H,82,96)(H,85,99)(H,86,101)(H,87,98)(H,88,100)(H,89,103)(H,90,106)(H,91,107)(H,92,102)/t37-,38-,45+,52+,53+,54+,55+,56+,57+,58+,60+,72+/m1/s1. The van der Waals surface area contributed by atoms with E-state index in [2.05, 4.69) is 52.5 Å². The first-order chi connectivity index (χ1) is 51.7. The van der Waals surface area contributed by atoms with Crippen molar-refractivity contribution in [3.05, 3.63) is 131 Å². The van der Waals surface area contributed by atoms with E-state index in [1.165, 1.54) is 73.0 Å². The van der Waals surface area contributed by atoms with Crippen LogP contribution >= 0.6 is 0 Å². The van der Waals surface area contributed by atoms with Gasteiger partial charge in [-0.1, -0.05) is 24.3 Å². The predicted octanol–water partition coefficient (Wildman–Crippen LogP) is 0.881. The van der Waals surface area contributed by atoms with Crippen molar-refractivity contribution in [3.8, 4) is 11.5 Å². The molecule has 0 radical (unpaired) electrons. The number of hydrogen-bond acceptors (Lipinski definition) is 16. The van der Waals surface area contributed by atoms with Crippen molar-refractivity contribution in [2.75, 3.05) is 39.9 Å². The summed E-state index contributed by atoms with van der Waals surface area (Å²) < 4.78 is 98.7. The molecule has 4 aliphatic rings. The number of amides is 12. The Kier molecular flexibility index (Phi) is 27.1. The summed E-state index contributed by atoms with van der Waals surface area (Å²) in [6.45, 7) is 2.30. The molecule has 0 aliphatic carbocycles. The molecule has 4 aromatic carbocycles. The molecule has 109 heavy (non-hydrogen) atoms. The lowest BCUT2D eigenvalue weighted by molar-refractivity contribution is -0.174.